The Kier molecular flexibility index (Phi) is 8.52. The van der Waals surface area contributed by atoms with Gasteiger partial charge in [0.15, 0.2) is 5.96 Å². The van der Waals surface area contributed by atoms with Gasteiger partial charge in [-0.15, -0.1) is 0 Å². The normalized spacial score (nSPS) is 17.5. The zero-order chi connectivity index (χ0) is 17.0. The van der Waals surface area contributed by atoms with Crippen LogP contribution in [0, 0.1) is 0 Å². The van der Waals surface area contributed by atoms with Gasteiger partial charge in [0.25, 0.3) is 5.91 Å². The number of guanidine groups is 1. The van der Waals surface area contributed by atoms with Gasteiger partial charge in [-0.05, 0) is 44.1 Å². The first-order chi connectivity index (χ1) is 11.8. The molecule has 1 saturated heterocycles. The summed E-state index contributed by atoms with van der Waals surface area (Å²) in [5, 5.41) is 10.2. The monoisotopic (exact) mass is 348 g/mol. The highest BCUT2D eigenvalue weighted by Crippen LogP contribution is 2.25. The van der Waals surface area contributed by atoms with Crippen LogP contribution in [0.2, 0.25) is 0 Å². The van der Waals surface area contributed by atoms with Gasteiger partial charge in [-0.1, -0.05) is 18.2 Å². The third kappa shape index (κ3) is 6.83. The van der Waals surface area contributed by atoms with E-state index in [9.17, 15) is 4.79 Å². The SMILES string of the molecule is CCNC(=NCC1CCCS1)NCCCNC(=O)c1ccccc1. The van der Waals surface area contributed by atoms with Gasteiger partial charge in [0.05, 0.1) is 6.54 Å². The number of rotatable bonds is 8. The summed E-state index contributed by atoms with van der Waals surface area (Å²) in [4.78, 5) is 16.6. The Morgan fingerprint density at radius 1 is 1.21 bits per heavy atom. The van der Waals surface area contributed by atoms with Crippen LogP contribution in [0.15, 0.2) is 35.3 Å². The van der Waals surface area contributed by atoms with Crippen molar-refractivity contribution in [3.8, 4) is 0 Å². The fourth-order valence-corrected chi connectivity index (χ4v) is 3.69. The minimum absolute atomic E-state index is 0.0190. The Labute approximate surface area is 149 Å². The molecule has 0 aliphatic carbocycles. The average molecular weight is 349 g/mol. The van der Waals surface area contributed by atoms with Gasteiger partial charge >= 0.3 is 0 Å². The van der Waals surface area contributed by atoms with Gasteiger partial charge in [-0.3, -0.25) is 9.79 Å². The maximum absolute atomic E-state index is 11.9. The largest absolute Gasteiger partial charge is 0.357 e. The van der Waals surface area contributed by atoms with Crippen molar-refractivity contribution in [1.29, 1.82) is 0 Å². The van der Waals surface area contributed by atoms with E-state index in [4.69, 9.17) is 0 Å². The second-order valence-corrected chi connectivity index (χ2v) is 7.17. The summed E-state index contributed by atoms with van der Waals surface area (Å²) < 4.78 is 0. The van der Waals surface area contributed by atoms with Crippen molar-refractivity contribution in [2.45, 2.75) is 31.4 Å². The molecule has 6 heteroatoms. The summed E-state index contributed by atoms with van der Waals surface area (Å²) >= 11 is 2.03. The number of carbonyl (C=O) groups is 1. The van der Waals surface area contributed by atoms with Crippen LogP contribution in [-0.4, -0.2) is 49.0 Å². The number of hydrogen-bond donors (Lipinski definition) is 3. The molecular weight excluding hydrogens is 320 g/mol. The Bertz CT molecular complexity index is 515. The number of hydrogen-bond acceptors (Lipinski definition) is 3. The number of nitrogens with one attached hydrogen (secondary N) is 3. The molecule has 1 heterocycles. The predicted octanol–water partition coefficient (Wildman–Crippen LogP) is 2.26. The lowest BCUT2D eigenvalue weighted by Crippen LogP contribution is -2.39. The van der Waals surface area contributed by atoms with Crippen molar-refractivity contribution >= 4 is 23.6 Å². The summed E-state index contributed by atoms with van der Waals surface area (Å²) in [6.07, 6.45) is 3.45. The molecule has 0 aromatic heterocycles. The molecule has 1 aromatic carbocycles. The van der Waals surface area contributed by atoms with Crippen LogP contribution in [0.4, 0.5) is 0 Å². The summed E-state index contributed by atoms with van der Waals surface area (Å²) in [5.74, 6) is 2.12. The number of carbonyl (C=O) groups excluding carboxylic acids is 1. The topological polar surface area (TPSA) is 65.5 Å². The van der Waals surface area contributed by atoms with Crippen LogP contribution in [0.5, 0.6) is 0 Å². The minimum atomic E-state index is -0.0190. The van der Waals surface area contributed by atoms with Crippen molar-refractivity contribution in [1.82, 2.24) is 16.0 Å². The van der Waals surface area contributed by atoms with Gasteiger partial charge in [0.2, 0.25) is 0 Å². The average Bonchev–Trinajstić information content (AvgIpc) is 3.13. The molecule has 0 spiro atoms. The fraction of sp³-hybridized carbons (Fsp3) is 0.556. The zero-order valence-electron chi connectivity index (χ0n) is 14.4. The van der Waals surface area contributed by atoms with Crippen LogP contribution >= 0.6 is 11.8 Å². The zero-order valence-corrected chi connectivity index (χ0v) is 15.2. The second kappa shape index (κ2) is 11.0. The molecule has 0 radical (unpaired) electrons. The van der Waals surface area contributed by atoms with Gasteiger partial charge < -0.3 is 16.0 Å². The van der Waals surface area contributed by atoms with Crippen LogP contribution in [-0.2, 0) is 0 Å². The molecule has 132 valence electrons. The standard InChI is InChI=1S/C18H28N4OS/c1-2-19-18(22-14-16-10-6-13-24-16)21-12-7-11-20-17(23)15-8-4-3-5-9-15/h3-5,8-9,16H,2,6-7,10-14H2,1H3,(H,20,23)(H2,19,21,22). The molecule has 1 aliphatic heterocycles. The number of thioether (sulfide) groups is 1. The second-order valence-electron chi connectivity index (χ2n) is 5.76. The van der Waals surface area contributed by atoms with Gasteiger partial charge in [-0.25, -0.2) is 0 Å². The predicted molar refractivity (Wildman–Crippen MR) is 103 cm³/mol. The lowest BCUT2D eigenvalue weighted by molar-refractivity contribution is 0.0953. The van der Waals surface area contributed by atoms with E-state index in [-0.39, 0.29) is 5.91 Å². The molecule has 0 saturated carbocycles. The smallest absolute Gasteiger partial charge is 0.251 e. The molecule has 1 unspecified atom stereocenters. The van der Waals surface area contributed by atoms with Crippen molar-refractivity contribution in [2.75, 3.05) is 31.9 Å². The first-order valence-corrected chi connectivity index (χ1v) is 9.81. The number of nitrogens with zero attached hydrogens (tertiary/aromatic N) is 1. The van der Waals surface area contributed by atoms with Crippen LogP contribution in [0.1, 0.15) is 36.5 Å². The molecule has 24 heavy (non-hydrogen) atoms. The van der Waals surface area contributed by atoms with E-state index in [1.165, 1.54) is 18.6 Å². The first-order valence-electron chi connectivity index (χ1n) is 8.76. The van der Waals surface area contributed by atoms with E-state index in [1.54, 1.807) is 0 Å². The van der Waals surface area contributed by atoms with Gasteiger partial charge in [0, 0.05) is 30.4 Å². The summed E-state index contributed by atoms with van der Waals surface area (Å²) in [6.45, 7) is 5.25. The maximum Gasteiger partial charge on any atom is 0.251 e. The first kappa shape index (κ1) is 18.6. The summed E-state index contributed by atoms with van der Waals surface area (Å²) in [7, 11) is 0. The van der Waals surface area contributed by atoms with E-state index in [0.29, 0.717) is 17.4 Å². The fourth-order valence-electron chi connectivity index (χ4n) is 2.51. The third-order valence-corrected chi connectivity index (χ3v) is 5.17. The number of aliphatic imine (C=N–C) groups is 1. The quantitative estimate of drug-likeness (QED) is 0.383. The Balaban J connectivity index is 1.63. The highest BCUT2D eigenvalue weighted by Gasteiger charge is 2.14. The van der Waals surface area contributed by atoms with E-state index in [0.717, 1.165) is 32.0 Å². The lowest BCUT2D eigenvalue weighted by atomic mass is 10.2. The molecule has 5 nitrogen and oxygen atoms in total. The maximum atomic E-state index is 11.9. The summed E-state index contributed by atoms with van der Waals surface area (Å²) in [5.41, 5.74) is 0.703. The van der Waals surface area contributed by atoms with E-state index >= 15 is 0 Å². The summed E-state index contributed by atoms with van der Waals surface area (Å²) in [6, 6.07) is 9.30. The Morgan fingerprint density at radius 3 is 2.71 bits per heavy atom. The van der Waals surface area contributed by atoms with Gasteiger partial charge in [0.1, 0.15) is 0 Å². The van der Waals surface area contributed by atoms with E-state index in [2.05, 4.69) is 27.9 Å². The molecule has 1 amide bonds. The molecule has 1 atom stereocenters. The van der Waals surface area contributed by atoms with Crippen LogP contribution in [0.25, 0.3) is 0 Å². The third-order valence-electron chi connectivity index (χ3n) is 3.79. The highest BCUT2D eigenvalue weighted by atomic mass is 32.2. The van der Waals surface area contributed by atoms with Gasteiger partial charge in [-0.2, -0.15) is 11.8 Å². The molecule has 1 aromatic rings. The molecule has 0 bridgehead atoms. The van der Waals surface area contributed by atoms with E-state index < -0.39 is 0 Å². The highest BCUT2D eigenvalue weighted by molar-refractivity contribution is 8.00. The molecule has 2 rings (SSSR count). The number of benzene rings is 1. The Morgan fingerprint density at radius 2 is 2.00 bits per heavy atom. The van der Waals surface area contributed by atoms with Crippen molar-refractivity contribution in [3.05, 3.63) is 35.9 Å². The molecule has 1 fully saturated rings. The minimum Gasteiger partial charge on any atom is -0.357 e. The van der Waals surface area contributed by atoms with Crippen molar-refractivity contribution in [2.24, 2.45) is 4.99 Å². The Hall–Kier alpha value is -1.69. The molecule has 1 aliphatic rings. The van der Waals surface area contributed by atoms with Crippen LogP contribution in [0.3, 0.4) is 0 Å². The van der Waals surface area contributed by atoms with Crippen LogP contribution < -0.4 is 16.0 Å². The van der Waals surface area contributed by atoms with E-state index in [1.807, 2.05) is 42.1 Å². The van der Waals surface area contributed by atoms with Crippen molar-refractivity contribution in [3.63, 3.8) is 0 Å². The van der Waals surface area contributed by atoms with Crippen molar-refractivity contribution < 1.29 is 4.79 Å². The number of amides is 1. The molecule has 3 N–H and O–H groups in total. The lowest BCUT2D eigenvalue weighted by Gasteiger charge is -2.13. The molecular formula is C18H28N4OS.